The zero-order valence-electron chi connectivity index (χ0n) is 16.6. The number of carbonyl (C=O) groups is 1. The molecule has 1 aromatic heterocycles. The van der Waals surface area contributed by atoms with Crippen molar-refractivity contribution < 1.29 is 17.7 Å². The third-order valence-electron chi connectivity index (χ3n) is 4.99. The Bertz CT molecular complexity index is 932. The molecule has 8 heteroatoms. The number of aromatic nitrogens is 1. The van der Waals surface area contributed by atoms with Gasteiger partial charge in [-0.3, -0.25) is 4.79 Å². The molecule has 0 atom stereocenters. The molecular weight excluding hydrogens is 390 g/mol. The largest absolute Gasteiger partial charge is 0.360 e. The van der Waals surface area contributed by atoms with Crippen LogP contribution in [0.4, 0.5) is 5.82 Å². The third-order valence-corrected chi connectivity index (χ3v) is 6.47. The first-order valence-corrected chi connectivity index (χ1v) is 11.4. The predicted octanol–water partition coefficient (Wildman–Crippen LogP) is 3.80. The van der Waals surface area contributed by atoms with Gasteiger partial charge in [-0.1, -0.05) is 54.8 Å². The second-order valence-electron chi connectivity index (χ2n) is 7.43. The number of carbonyl (C=O) groups excluding carboxylic acids is 1. The lowest BCUT2D eigenvalue weighted by molar-refractivity contribution is -0.116. The van der Waals surface area contributed by atoms with E-state index in [1.165, 1.54) is 16.1 Å². The number of nitrogens with zero attached hydrogens (tertiary/aromatic N) is 2. The molecule has 0 unspecified atom stereocenters. The minimum Gasteiger partial charge on any atom is -0.360 e. The standard InChI is InChI=1S/C21H27N3O4S/c1-17-14-20(23-28-17)22-21(25)16-24(15-19-10-6-3-7-11-19)29(26,27)13-12-18-8-4-2-5-9-18/h2,4-5,8-9,12-14,19H,3,6-7,10-11,15-16H2,1H3,(H,22,23,25). The molecule has 2 aromatic rings. The van der Waals surface area contributed by atoms with Gasteiger partial charge in [-0.15, -0.1) is 0 Å². The molecule has 7 nitrogen and oxygen atoms in total. The van der Waals surface area contributed by atoms with Crippen LogP contribution in [-0.2, 0) is 14.8 Å². The number of sulfonamides is 1. The molecule has 1 aromatic carbocycles. The Morgan fingerprint density at radius 3 is 2.62 bits per heavy atom. The van der Waals surface area contributed by atoms with E-state index in [9.17, 15) is 13.2 Å². The van der Waals surface area contributed by atoms with Crippen LogP contribution in [0.5, 0.6) is 0 Å². The quantitative estimate of drug-likeness (QED) is 0.705. The molecule has 156 valence electrons. The zero-order chi connectivity index (χ0) is 20.7. The van der Waals surface area contributed by atoms with Crippen LogP contribution in [0, 0.1) is 12.8 Å². The van der Waals surface area contributed by atoms with Gasteiger partial charge in [0.15, 0.2) is 5.82 Å². The highest BCUT2D eigenvalue weighted by molar-refractivity contribution is 7.92. The molecule has 0 spiro atoms. The minimum atomic E-state index is -3.75. The maximum absolute atomic E-state index is 13.0. The highest BCUT2D eigenvalue weighted by atomic mass is 32.2. The Balaban J connectivity index is 1.73. The van der Waals surface area contributed by atoms with Gasteiger partial charge in [0.2, 0.25) is 15.9 Å². The molecule has 1 N–H and O–H groups in total. The first-order valence-electron chi connectivity index (χ1n) is 9.89. The summed E-state index contributed by atoms with van der Waals surface area (Å²) in [7, 11) is -3.75. The fourth-order valence-corrected chi connectivity index (χ4v) is 4.72. The number of hydrogen-bond donors (Lipinski definition) is 1. The van der Waals surface area contributed by atoms with Crippen LogP contribution >= 0.6 is 0 Å². The van der Waals surface area contributed by atoms with Gasteiger partial charge in [0.1, 0.15) is 5.76 Å². The van der Waals surface area contributed by atoms with Crippen LogP contribution < -0.4 is 5.32 Å². The summed E-state index contributed by atoms with van der Waals surface area (Å²) in [4.78, 5) is 12.5. The summed E-state index contributed by atoms with van der Waals surface area (Å²) < 4.78 is 32.2. The van der Waals surface area contributed by atoms with E-state index in [0.717, 1.165) is 31.2 Å². The van der Waals surface area contributed by atoms with Crippen molar-refractivity contribution in [2.24, 2.45) is 5.92 Å². The van der Waals surface area contributed by atoms with Crippen molar-refractivity contribution in [3.05, 3.63) is 53.1 Å². The van der Waals surface area contributed by atoms with Gasteiger partial charge in [0.05, 0.1) is 6.54 Å². The van der Waals surface area contributed by atoms with E-state index in [1.54, 1.807) is 19.1 Å². The molecule has 0 saturated heterocycles. The highest BCUT2D eigenvalue weighted by Gasteiger charge is 2.27. The second kappa shape index (κ2) is 9.84. The summed E-state index contributed by atoms with van der Waals surface area (Å²) in [5, 5.41) is 7.51. The second-order valence-corrected chi connectivity index (χ2v) is 9.24. The Morgan fingerprint density at radius 1 is 1.24 bits per heavy atom. The van der Waals surface area contributed by atoms with E-state index in [0.29, 0.717) is 12.3 Å². The molecule has 1 aliphatic rings. The number of amides is 1. The molecule has 0 aliphatic heterocycles. The molecule has 0 radical (unpaired) electrons. The molecule has 1 heterocycles. The summed E-state index contributed by atoms with van der Waals surface area (Å²) in [5.41, 5.74) is 0.788. The van der Waals surface area contributed by atoms with Gasteiger partial charge in [-0.2, -0.15) is 4.31 Å². The van der Waals surface area contributed by atoms with Crippen LogP contribution in [0.1, 0.15) is 43.4 Å². The summed E-state index contributed by atoms with van der Waals surface area (Å²) >= 11 is 0. The lowest BCUT2D eigenvalue weighted by Crippen LogP contribution is -2.40. The molecular formula is C21H27N3O4S. The van der Waals surface area contributed by atoms with Gasteiger partial charge >= 0.3 is 0 Å². The molecule has 3 rings (SSSR count). The third kappa shape index (κ3) is 6.54. The van der Waals surface area contributed by atoms with Crippen molar-refractivity contribution in [2.45, 2.75) is 39.0 Å². The van der Waals surface area contributed by atoms with Crippen molar-refractivity contribution >= 4 is 27.8 Å². The fraction of sp³-hybridized carbons (Fsp3) is 0.429. The number of rotatable bonds is 8. The Kier molecular flexibility index (Phi) is 7.22. The van der Waals surface area contributed by atoms with E-state index in [2.05, 4.69) is 10.5 Å². The maximum atomic E-state index is 13.0. The minimum absolute atomic E-state index is 0.260. The number of nitrogens with one attached hydrogen (secondary N) is 1. The van der Waals surface area contributed by atoms with E-state index in [-0.39, 0.29) is 18.3 Å². The first kappa shape index (κ1) is 21.3. The monoisotopic (exact) mass is 417 g/mol. The number of aryl methyl sites for hydroxylation is 1. The maximum Gasteiger partial charge on any atom is 0.240 e. The number of benzene rings is 1. The molecule has 1 aliphatic carbocycles. The lowest BCUT2D eigenvalue weighted by Gasteiger charge is -2.27. The summed E-state index contributed by atoms with van der Waals surface area (Å²) in [6, 6.07) is 10.8. The van der Waals surface area contributed by atoms with Crippen LogP contribution in [0.2, 0.25) is 0 Å². The van der Waals surface area contributed by atoms with Gasteiger partial charge in [-0.05, 0) is 37.3 Å². The molecule has 1 saturated carbocycles. The summed E-state index contributed by atoms with van der Waals surface area (Å²) in [5.74, 6) is 0.677. The van der Waals surface area contributed by atoms with Gasteiger partial charge in [0.25, 0.3) is 0 Å². The van der Waals surface area contributed by atoms with E-state index >= 15 is 0 Å². The van der Waals surface area contributed by atoms with Gasteiger partial charge in [-0.25, -0.2) is 8.42 Å². The van der Waals surface area contributed by atoms with Gasteiger partial charge in [0, 0.05) is 18.0 Å². The van der Waals surface area contributed by atoms with E-state index in [1.807, 2.05) is 30.3 Å². The zero-order valence-corrected chi connectivity index (χ0v) is 17.4. The molecule has 29 heavy (non-hydrogen) atoms. The van der Waals surface area contributed by atoms with Crippen molar-refractivity contribution in [3.8, 4) is 0 Å². The number of hydrogen-bond acceptors (Lipinski definition) is 5. The van der Waals surface area contributed by atoms with Crippen LogP contribution in [0.15, 0.2) is 46.3 Å². The normalized spacial score (nSPS) is 15.8. The van der Waals surface area contributed by atoms with Crippen molar-refractivity contribution in [2.75, 3.05) is 18.4 Å². The van der Waals surface area contributed by atoms with Crippen LogP contribution in [-0.4, -0.2) is 36.9 Å². The van der Waals surface area contributed by atoms with Crippen LogP contribution in [0.3, 0.4) is 0 Å². The smallest absolute Gasteiger partial charge is 0.240 e. The topological polar surface area (TPSA) is 92.5 Å². The number of anilines is 1. The SMILES string of the molecule is Cc1cc(NC(=O)CN(CC2CCCCC2)S(=O)(=O)C=Cc2ccccc2)no1. The van der Waals surface area contributed by atoms with E-state index in [4.69, 9.17) is 4.52 Å². The average molecular weight is 418 g/mol. The predicted molar refractivity (Wildman–Crippen MR) is 112 cm³/mol. The average Bonchev–Trinajstić information content (AvgIpc) is 3.12. The summed E-state index contributed by atoms with van der Waals surface area (Å²) in [6.45, 7) is 1.80. The Labute approximate surface area is 171 Å². The fourth-order valence-electron chi connectivity index (χ4n) is 3.50. The van der Waals surface area contributed by atoms with Gasteiger partial charge < -0.3 is 9.84 Å². The Hall–Kier alpha value is -2.45. The van der Waals surface area contributed by atoms with Crippen LogP contribution in [0.25, 0.3) is 6.08 Å². The lowest BCUT2D eigenvalue weighted by atomic mass is 9.89. The van der Waals surface area contributed by atoms with Crippen molar-refractivity contribution in [1.29, 1.82) is 0 Å². The summed E-state index contributed by atoms with van der Waals surface area (Å²) in [6.07, 6.45) is 6.91. The first-order chi connectivity index (χ1) is 13.9. The Morgan fingerprint density at radius 2 is 1.97 bits per heavy atom. The highest BCUT2D eigenvalue weighted by Crippen LogP contribution is 2.25. The van der Waals surface area contributed by atoms with Crippen molar-refractivity contribution in [3.63, 3.8) is 0 Å². The molecule has 0 bridgehead atoms. The van der Waals surface area contributed by atoms with Crippen molar-refractivity contribution in [1.82, 2.24) is 9.46 Å². The molecule has 1 fully saturated rings. The van der Waals surface area contributed by atoms with E-state index < -0.39 is 15.9 Å². The molecule has 1 amide bonds.